The van der Waals surface area contributed by atoms with Crippen LogP contribution in [0.1, 0.15) is 45.8 Å². The van der Waals surface area contributed by atoms with Gasteiger partial charge in [-0.3, -0.25) is 0 Å². The van der Waals surface area contributed by atoms with Crippen LogP contribution in [0.15, 0.2) is 38.8 Å². The van der Waals surface area contributed by atoms with Crippen molar-refractivity contribution >= 4 is 46.7 Å². The average molecular weight is 567 g/mol. The van der Waals surface area contributed by atoms with Gasteiger partial charge in [0, 0.05) is 21.3 Å². The van der Waals surface area contributed by atoms with Crippen LogP contribution in [0.4, 0.5) is 0 Å². The highest BCUT2D eigenvalue weighted by atomic mass is 35.5. The van der Waals surface area contributed by atoms with Gasteiger partial charge >= 0.3 is 5.97 Å². The van der Waals surface area contributed by atoms with Crippen molar-refractivity contribution in [3.05, 3.63) is 67.1 Å². The number of nitriles is 1. The Labute approximate surface area is 232 Å². The van der Waals surface area contributed by atoms with E-state index in [1.807, 2.05) is 24.5 Å². The zero-order chi connectivity index (χ0) is 27.0. The van der Waals surface area contributed by atoms with Gasteiger partial charge in [-0.15, -0.1) is 21.5 Å². The number of aliphatic carboxylic acids is 1. The van der Waals surface area contributed by atoms with Crippen molar-refractivity contribution in [2.45, 2.75) is 44.8 Å². The van der Waals surface area contributed by atoms with Crippen molar-refractivity contribution < 1.29 is 19.1 Å². The van der Waals surface area contributed by atoms with Crippen LogP contribution in [0.25, 0.3) is 22.5 Å². The zero-order valence-corrected chi connectivity index (χ0v) is 23.3. The summed E-state index contributed by atoms with van der Waals surface area (Å²) in [6, 6.07) is 9.36. The maximum Gasteiger partial charge on any atom is 0.342 e. The molecule has 5 rings (SSSR count). The van der Waals surface area contributed by atoms with Gasteiger partial charge in [-0.25, -0.2) is 4.79 Å². The quantitative estimate of drug-likeness (QED) is 0.191. The first-order valence-electron chi connectivity index (χ1n) is 11.8. The van der Waals surface area contributed by atoms with Gasteiger partial charge in [0.2, 0.25) is 0 Å². The Bertz CT molecular complexity index is 1630. The van der Waals surface area contributed by atoms with E-state index in [0.29, 0.717) is 16.3 Å². The average Bonchev–Trinajstić information content (AvgIpc) is 3.58. The van der Waals surface area contributed by atoms with Crippen LogP contribution in [0, 0.1) is 25.2 Å². The fraction of sp³-hybridized carbons (Fsp3) is 0.259. The SMILES string of the molecule is COc1ccc(Cl)cc1-c1nnc(S/C(=C\c2cc(C)n(-c3sc4c(c3C#N)CCCC4)c2C)C(=O)O)o1. The fourth-order valence-electron chi connectivity index (χ4n) is 4.65. The number of halogens is 1. The lowest BCUT2D eigenvalue weighted by molar-refractivity contribution is -0.131. The second-order valence-electron chi connectivity index (χ2n) is 8.80. The van der Waals surface area contributed by atoms with Crippen molar-refractivity contribution in [1.82, 2.24) is 14.8 Å². The Morgan fingerprint density at radius 3 is 2.82 bits per heavy atom. The maximum absolute atomic E-state index is 12.2. The maximum atomic E-state index is 12.2. The molecular weight excluding hydrogens is 544 g/mol. The minimum atomic E-state index is -1.12. The molecule has 0 saturated carbocycles. The first-order valence-corrected chi connectivity index (χ1v) is 13.9. The van der Waals surface area contributed by atoms with E-state index in [4.69, 9.17) is 20.8 Å². The molecule has 0 amide bonds. The summed E-state index contributed by atoms with van der Waals surface area (Å²) < 4.78 is 13.1. The predicted molar refractivity (Wildman–Crippen MR) is 147 cm³/mol. The molecule has 0 bridgehead atoms. The monoisotopic (exact) mass is 566 g/mol. The molecule has 1 aliphatic rings. The highest BCUT2D eigenvalue weighted by molar-refractivity contribution is 8.03. The number of ether oxygens (including phenoxy) is 1. The molecule has 0 atom stereocenters. The third kappa shape index (κ3) is 4.85. The van der Waals surface area contributed by atoms with Crippen LogP contribution in [-0.4, -0.2) is 33.0 Å². The second-order valence-corrected chi connectivity index (χ2v) is 11.3. The van der Waals surface area contributed by atoms with E-state index in [0.717, 1.165) is 70.5 Å². The molecule has 38 heavy (non-hydrogen) atoms. The number of aromatic nitrogens is 3. The van der Waals surface area contributed by atoms with Gasteiger partial charge in [-0.2, -0.15) is 5.26 Å². The molecule has 0 unspecified atom stereocenters. The molecular formula is C27H23ClN4O4S2. The number of fused-ring (bicyclic) bond motifs is 1. The van der Waals surface area contributed by atoms with Gasteiger partial charge in [-0.1, -0.05) is 11.6 Å². The molecule has 8 nitrogen and oxygen atoms in total. The fourth-order valence-corrected chi connectivity index (χ4v) is 6.93. The lowest BCUT2D eigenvalue weighted by Crippen LogP contribution is -2.02. The molecule has 11 heteroatoms. The van der Waals surface area contributed by atoms with Crippen molar-refractivity contribution in [1.29, 1.82) is 5.26 Å². The van der Waals surface area contributed by atoms with Crippen molar-refractivity contribution in [2.24, 2.45) is 0 Å². The van der Waals surface area contributed by atoms with E-state index in [1.165, 1.54) is 12.0 Å². The van der Waals surface area contributed by atoms with Crippen molar-refractivity contribution in [3.63, 3.8) is 0 Å². The minimum Gasteiger partial charge on any atom is -0.496 e. The van der Waals surface area contributed by atoms with E-state index in [9.17, 15) is 15.2 Å². The minimum absolute atomic E-state index is 0.0180. The number of aryl methyl sites for hydroxylation is 2. The van der Waals surface area contributed by atoms with Crippen molar-refractivity contribution in [3.8, 4) is 28.3 Å². The van der Waals surface area contributed by atoms with E-state index in [2.05, 4.69) is 16.3 Å². The standard InChI is InChI=1S/C27H23ClN4O4S2/c1-14-10-16(15(2)32(14)25-20(13-29)18-6-4-5-7-22(18)37-25)11-23(26(33)34)38-27-31-30-24(36-27)19-12-17(28)8-9-21(19)35-3/h8-12H,4-7H2,1-3H3,(H,33,34)/b23-11-. The number of carbonyl (C=O) groups is 1. The molecule has 3 aromatic heterocycles. The number of hydrogen-bond donors (Lipinski definition) is 1. The van der Waals surface area contributed by atoms with Gasteiger partial charge in [0.15, 0.2) is 0 Å². The summed E-state index contributed by atoms with van der Waals surface area (Å²) in [5.74, 6) is -0.451. The number of carboxylic acids is 1. The molecule has 4 aromatic rings. The molecule has 0 radical (unpaired) electrons. The van der Waals surface area contributed by atoms with E-state index in [1.54, 1.807) is 35.6 Å². The first kappa shape index (κ1) is 26.1. The Kier molecular flexibility index (Phi) is 7.34. The number of nitrogens with zero attached hydrogens (tertiary/aromatic N) is 4. The molecule has 0 saturated heterocycles. The number of rotatable bonds is 7. The zero-order valence-electron chi connectivity index (χ0n) is 20.9. The predicted octanol–water partition coefficient (Wildman–Crippen LogP) is 6.84. The van der Waals surface area contributed by atoms with E-state index in [-0.39, 0.29) is 16.0 Å². The summed E-state index contributed by atoms with van der Waals surface area (Å²) >= 11 is 8.63. The largest absolute Gasteiger partial charge is 0.496 e. The number of benzene rings is 1. The van der Waals surface area contributed by atoms with Crippen LogP contribution in [0.3, 0.4) is 0 Å². The number of thioether (sulfide) groups is 1. The summed E-state index contributed by atoms with van der Waals surface area (Å²) in [7, 11) is 1.52. The third-order valence-corrected chi connectivity index (χ3v) is 8.79. The summed E-state index contributed by atoms with van der Waals surface area (Å²) in [5.41, 5.74) is 4.91. The Morgan fingerprint density at radius 2 is 2.08 bits per heavy atom. The van der Waals surface area contributed by atoms with Crippen LogP contribution < -0.4 is 4.74 Å². The number of methoxy groups -OCH3 is 1. The van der Waals surface area contributed by atoms with Gasteiger partial charge < -0.3 is 18.8 Å². The Morgan fingerprint density at radius 1 is 1.29 bits per heavy atom. The summed E-state index contributed by atoms with van der Waals surface area (Å²) in [6.07, 6.45) is 5.74. The van der Waals surface area contributed by atoms with Gasteiger partial charge in [0.25, 0.3) is 11.1 Å². The molecule has 3 heterocycles. The van der Waals surface area contributed by atoms with Crippen LogP contribution in [0.5, 0.6) is 5.75 Å². The summed E-state index contributed by atoms with van der Waals surface area (Å²) in [6.45, 7) is 3.89. The number of hydrogen-bond acceptors (Lipinski definition) is 8. The van der Waals surface area contributed by atoms with Crippen LogP contribution in [-0.2, 0) is 17.6 Å². The summed E-state index contributed by atoms with van der Waals surface area (Å²) in [5, 5.41) is 29.4. The lowest BCUT2D eigenvalue weighted by Gasteiger charge is -2.10. The molecule has 0 fully saturated rings. The van der Waals surface area contributed by atoms with Crippen LogP contribution in [0.2, 0.25) is 5.02 Å². The third-order valence-electron chi connectivity index (χ3n) is 6.43. The molecule has 0 spiro atoms. The first-order chi connectivity index (χ1) is 18.3. The molecule has 194 valence electrons. The Hall–Kier alpha value is -3.52. The second kappa shape index (κ2) is 10.7. The number of thiophene rings is 1. The molecule has 1 N–H and O–H groups in total. The smallest absolute Gasteiger partial charge is 0.342 e. The van der Waals surface area contributed by atoms with Gasteiger partial charge in [-0.05, 0) is 92.8 Å². The van der Waals surface area contributed by atoms with Crippen molar-refractivity contribution in [2.75, 3.05) is 7.11 Å². The van der Waals surface area contributed by atoms with Gasteiger partial charge in [0.1, 0.15) is 21.7 Å². The molecule has 1 aliphatic carbocycles. The topological polar surface area (TPSA) is 114 Å². The molecule has 1 aromatic carbocycles. The van der Waals surface area contributed by atoms with E-state index >= 15 is 0 Å². The Balaban J connectivity index is 1.49. The van der Waals surface area contributed by atoms with Gasteiger partial charge in [0.05, 0.1) is 18.2 Å². The van der Waals surface area contributed by atoms with E-state index < -0.39 is 5.97 Å². The highest BCUT2D eigenvalue weighted by Crippen LogP contribution is 2.39. The molecule has 0 aliphatic heterocycles. The summed E-state index contributed by atoms with van der Waals surface area (Å²) in [4.78, 5) is 13.5. The lowest BCUT2D eigenvalue weighted by atomic mass is 9.96. The highest BCUT2D eigenvalue weighted by Gasteiger charge is 2.24. The normalized spacial score (nSPS) is 13.3. The van der Waals surface area contributed by atoms with Crippen LogP contribution >= 0.6 is 34.7 Å². The number of carboxylic acid groups (broad SMARTS) is 1.